The van der Waals surface area contributed by atoms with Crippen LogP contribution < -0.4 is 9.47 Å². The highest BCUT2D eigenvalue weighted by Gasteiger charge is 2.18. The number of hydrogen-bond acceptors (Lipinski definition) is 2. The molecular formula is C8H6Br2O2. The maximum atomic E-state index is 5.32. The monoisotopic (exact) mass is 292 g/mol. The number of hydrogen-bond donors (Lipinski definition) is 0. The molecule has 64 valence electrons. The van der Waals surface area contributed by atoms with Crippen LogP contribution in [0.25, 0.3) is 0 Å². The van der Waals surface area contributed by atoms with Crippen molar-refractivity contribution < 1.29 is 9.47 Å². The molecule has 0 radical (unpaired) electrons. The number of fused-ring (bicyclic) bond motifs is 1. The Balaban J connectivity index is 2.57. The van der Waals surface area contributed by atoms with Crippen molar-refractivity contribution in [3.8, 4) is 11.5 Å². The maximum Gasteiger partial charge on any atom is 0.231 e. The lowest BCUT2D eigenvalue weighted by molar-refractivity contribution is 0.173. The summed E-state index contributed by atoms with van der Waals surface area (Å²) < 4.78 is 11.6. The number of alkyl halides is 1. The highest BCUT2D eigenvalue weighted by Crippen LogP contribution is 2.40. The molecule has 0 N–H and O–H groups in total. The molecule has 0 saturated carbocycles. The first-order valence-corrected chi connectivity index (χ1v) is 5.37. The molecule has 1 aromatic rings. The van der Waals surface area contributed by atoms with Crippen LogP contribution in [0.2, 0.25) is 0 Å². The van der Waals surface area contributed by atoms with E-state index in [-0.39, 0.29) is 0 Å². The highest BCUT2D eigenvalue weighted by atomic mass is 79.9. The van der Waals surface area contributed by atoms with E-state index >= 15 is 0 Å². The van der Waals surface area contributed by atoms with Gasteiger partial charge >= 0.3 is 0 Å². The van der Waals surface area contributed by atoms with Crippen LogP contribution in [0.3, 0.4) is 0 Å². The molecule has 2 nitrogen and oxygen atoms in total. The normalized spacial score (nSPS) is 13.5. The molecule has 0 unspecified atom stereocenters. The molecule has 0 aliphatic carbocycles. The van der Waals surface area contributed by atoms with E-state index in [4.69, 9.17) is 9.47 Å². The third kappa shape index (κ3) is 1.23. The molecule has 2 rings (SSSR count). The Morgan fingerprint density at radius 2 is 2.17 bits per heavy atom. The van der Waals surface area contributed by atoms with Crippen molar-refractivity contribution in [2.24, 2.45) is 0 Å². The highest BCUT2D eigenvalue weighted by molar-refractivity contribution is 9.10. The number of halogens is 2. The summed E-state index contributed by atoms with van der Waals surface area (Å²) in [5.74, 6) is 1.67. The summed E-state index contributed by atoms with van der Waals surface area (Å²) in [7, 11) is 0. The zero-order valence-electron chi connectivity index (χ0n) is 6.14. The van der Waals surface area contributed by atoms with Crippen molar-refractivity contribution in [1.29, 1.82) is 0 Å². The second-order valence-electron chi connectivity index (χ2n) is 2.39. The Bertz CT molecular complexity index is 312. The van der Waals surface area contributed by atoms with Crippen molar-refractivity contribution in [3.05, 3.63) is 22.2 Å². The van der Waals surface area contributed by atoms with Crippen LogP contribution in [-0.4, -0.2) is 6.79 Å². The van der Waals surface area contributed by atoms with Crippen LogP contribution >= 0.6 is 31.9 Å². The van der Waals surface area contributed by atoms with Crippen LogP contribution in [0, 0.1) is 0 Å². The Kier molecular flexibility index (Phi) is 2.28. The summed E-state index contributed by atoms with van der Waals surface area (Å²) in [6.45, 7) is 0.325. The third-order valence-corrected chi connectivity index (χ3v) is 3.02. The van der Waals surface area contributed by atoms with Gasteiger partial charge in [0.05, 0.1) is 0 Å². The molecule has 0 aromatic heterocycles. The summed E-state index contributed by atoms with van der Waals surface area (Å²) in [6, 6.07) is 3.86. The van der Waals surface area contributed by atoms with Gasteiger partial charge < -0.3 is 9.47 Å². The van der Waals surface area contributed by atoms with Crippen molar-refractivity contribution in [3.63, 3.8) is 0 Å². The first-order valence-electron chi connectivity index (χ1n) is 3.46. The van der Waals surface area contributed by atoms with Gasteiger partial charge in [-0.25, -0.2) is 0 Å². The Labute approximate surface area is 87.1 Å². The second-order valence-corrected chi connectivity index (χ2v) is 3.81. The van der Waals surface area contributed by atoms with Crippen LogP contribution in [0.15, 0.2) is 16.6 Å². The van der Waals surface area contributed by atoms with Crippen LogP contribution in [0.4, 0.5) is 0 Å². The minimum atomic E-state index is 0.325. The zero-order chi connectivity index (χ0) is 8.55. The van der Waals surface area contributed by atoms with E-state index in [1.807, 2.05) is 12.1 Å². The lowest BCUT2D eigenvalue weighted by Gasteiger charge is -2.03. The maximum absolute atomic E-state index is 5.32. The van der Waals surface area contributed by atoms with Crippen LogP contribution in [-0.2, 0) is 5.33 Å². The van der Waals surface area contributed by atoms with E-state index in [9.17, 15) is 0 Å². The molecule has 1 aliphatic rings. The lowest BCUT2D eigenvalue weighted by Crippen LogP contribution is -1.94. The molecule has 4 heteroatoms. The Morgan fingerprint density at radius 1 is 1.33 bits per heavy atom. The first kappa shape index (κ1) is 8.38. The molecule has 1 aromatic carbocycles. The van der Waals surface area contributed by atoms with Gasteiger partial charge in [-0.15, -0.1) is 0 Å². The fourth-order valence-electron chi connectivity index (χ4n) is 1.13. The van der Waals surface area contributed by atoms with E-state index in [0.29, 0.717) is 6.79 Å². The summed E-state index contributed by atoms with van der Waals surface area (Å²) in [5.41, 5.74) is 1.10. The first-order chi connectivity index (χ1) is 5.83. The van der Waals surface area contributed by atoms with E-state index in [1.54, 1.807) is 0 Å². The van der Waals surface area contributed by atoms with Gasteiger partial charge in [0.15, 0.2) is 11.5 Å². The van der Waals surface area contributed by atoms with Gasteiger partial charge in [0, 0.05) is 15.4 Å². The van der Waals surface area contributed by atoms with Crippen molar-refractivity contribution in [1.82, 2.24) is 0 Å². The minimum Gasteiger partial charge on any atom is -0.454 e. The average molecular weight is 294 g/mol. The van der Waals surface area contributed by atoms with Crippen LogP contribution in [0.1, 0.15) is 5.56 Å². The minimum absolute atomic E-state index is 0.325. The van der Waals surface area contributed by atoms with Crippen molar-refractivity contribution >= 4 is 31.9 Å². The zero-order valence-corrected chi connectivity index (χ0v) is 9.31. The molecule has 0 atom stereocenters. The molecule has 1 heterocycles. The predicted octanol–water partition coefficient (Wildman–Crippen LogP) is 3.07. The predicted molar refractivity (Wildman–Crippen MR) is 52.9 cm³/mol. The third-order valence-electron chi connectivity index (χ3n) is 1.72. The Morgan fingerprint density at radius 3 is 2.92 bits per heavy atom. The summed E-state index contributed by atoms with van der Waals surface area (Å²) in [6.07, 6.45) is 0. The fourth-order valence-corrected chi connectivity index (χ4v) is 2.52. The molecule has 0 spiro atoms. The van der Waals surface area contributed by atoms with Gasteiger partial charge in [0.2, 0.25) is 6.79 Å². The Hall–Kier alpha value is -0.220. The largest absolute Gasteiger partial charge is 0.454 e. The number of benzene rings is 1. The van der Waals surface area contributed by atoms with Gasteiger partial charge in [0.1, 0.15) is 0 Å². The van der Waals surface area contributed by atoms with E-state index in [1.165, 1.54) is 0 Å². The molecule has 0 fully saturated rings. The quantitative estimate of drug-likeness (QED) is 0.741. The van der Waals surface area contributed by atoms with Gasteiger partial charge in [-0.3, -0.25) is 0 Å². The average Bonchev–Trinajstić information content (AvgIpc) is 2.52. The van der Waals surface area contributed by atoms with Gasteiger partial charge in [0.25, 0.3) is 0 Å². The van der Waals surface area contributed by atoms with Gasteiger partial charge in [-0.05, 0) is 12.1 Å². The van der Waals surface area contributed by atoms with E-state index in [0.717, 1.165) is 26.9 Å². The molecule has 0 amide bonds. The van der Waals surface area contributed by atoms with Gasteiger partial charge in [-0.1, -0.05) is 31.9 Å². The molecular weight excluding hydrogens is 288 g/mol. The standard InChI is InChI=1S/C8H6Br2O2/c9-3-5-6(10)1-2-7-8(5)12-4-11-7/h1-2H,3-4H2. The summed E-state index contributed by atoms with van der Waals surface area (Å²) in [4.78, 5) is 0. The molecule has 0 saturated heterocycles. The number of rotatable bonds is 1. The second kappa shape index (κ2) is 3.26. The SMILES string of the molecule is BrCc1c(Br)ccc2c1OCO2. The number of ether oxygens (including phenoxy) is 2. The van der Waals surface area contributed by atoms with Gasteiger partial charge in [-0.2, -0.15) is 0 Å². The lowest BCUT2D eigenvalue weighted by atomic mass is 10.2. The topological polar surface area (TPSA) is 18.5 Å². The summed E-state index contributed by atoms with van der Waals surface area (Å²) >= 11 is 6.84. The smallest absolute Gasteiger partial charge is 0.231 e. The molecule has 1 aliphatic heterocycles. The van der Waals surface area contributed by atoms with Crippen molar-refractivity contribution in [2.75, 3.05) is 6.79 Å². The van der Waals surface area contributed by atoms with E-state index in [2.05, 4.69) is 31.9 Å². The molecule has 12 heavy (non-hydrogen) atoms. The summed E-state index contributed by atoms with van der Waals surface area (Å²) in [5, 5.41) is 0.764. The fraction of sp³-hybridized carbons (Fsp3) is 0.250. The van der Waals surface area contributed by atoms with Crippen LogP contribution in [0.5, 0.6) is 11.5 Å². The van der Waals surface area contributed by atoms with Crippen molar-refractivity contribution in [2.45, 2.75) is 5.33 Å². The molecule has 0 bridgehead atoms. The van der Waals surface area contributed by atoms with E-state index < -0.39 is 0 Å².